The number of aliphatic hydroxyl groups excluding tert-OH is 1. The van der Waals surface area contributed by atoms with E-state index in [0.717, 1.165) is 63.8 Å². The molecule has 0 bridgehead atoms. The summed E-state index contributed by atoms with van der Waals surface area (Å²) in [5.74, 6) is 0.732. The Hall–Kier alpha value is -5.02. The molecule has 13 nitrogen and oxygen atoms in total. The minimum Gasteiger partial charge on any atom is -0.493 e. The van der Waals surface area contributed by atoms with Gasteiger partial charge in [-0.15, -0.1) is 0 Å². The molecular weight excluding hydrogens is 775 g/mol. The predicted molar refractivity (Wildman–Crippen MR) is 222 cm³/mol. The van der Waals surface area contributed by atoms with E-state index < -0.39 is 34.0 Å². The highest BCUT2D eigenvalue weighted by Gasteiger charge is 2.36. The fraction of sp³-hybridized carbons (Fsp3) is 0.444. The van der Waals surface area contributed by atoms with Crippen LogP contribution in [0.5, 0.6) is 17.2 Å². The Kier molecular flexibility index (Phi) is 14.3. The zero-order valence-corrected chi connectivity index (χ0v) is 35.3. The molecule has 0 aliphatic carbocycles. The first kappa shape index (κ1) is 43.6. The molecule has 59 heavy (non-hydrogen) atoms. The first-order chi connectivity index (χ1) is 28.2. The van der Waals surface area contributed by atoms with Gasteiger partial charge in [-0.3, -0.25) is 24.4 Å². The lowest BCUT2D eigenvalue weighted by molar-refractivity contribution is -0.146. The molecule has 2 N–H and O–H groups in total. The molecule has 2 aliphatic rings. The number of hydrogen-bond donors (Lipinski definition) is 2. The third-order valence-electron chi connectivity index (χ3n) is 11.3. The summed E-state index contributed by atoms with van der Waals surface area (Å²) in [5.41, 5.74) is 7.41. The van der Waals surface area contributed by atoms with Crippen LogP contribution in [0, 0.1) is 20.8 Å². The quantitative estimate of drug-likeness (QED) is 0.0935. The van der Waals surface area contributed by atoms with E-state index >= 15 is 0 Å². The molecule has 2 fully saturated rings. The van der Waals surface area contributed by atoms with Crippen molar-refractivity contribution in [2.45, 2.75) is 95.7 Å². The van der Waals surface area contributed by atoms with E-state index in [9.17, 15) is 28.2 Å². The number of rotatable bonds is 17. The van der Waals surface area contributed by atoms with Crippen molar-refractivity contribution in [1.29, 1.82) is 0 Å². The molecular formula is C45H55N3O10S. The maximum absolute atomic E-state index is 12.2. The van der Waals surface area contributed by atoms with Crippen molar-refractivity contribution >= 4 is 21.8 Å². The number of ether oxygens (including phenoxy) is 4. The third-order valence-corrected chi connectivity index (χ3v) is 12.4. The van der Waals surface area contributed by atoms with Gasteiger partial charge in [0.1, 0.15) is 42.5 Å². The second-order valence-electron chi connectivity index (χ2n) is 15.6. The van der Waals surface area contributed by atoms with Crippen molar-refractivity contribution in [2.24, 2.45) is 0 Å². The fourth-order valence-electron chi connectivity index (χ4n) is 8.04. The smallest absolute Gasteiger partial charge is 0.323 e. The number of carboxylic acids is 1. The molecule has 6 rings (SSSR count). The van der Waals surface area contributed by atoms with Crippen molar-refractivity contribution in [1.82, 2.24) is 14.8 Å². The Balaban J connectivity index is 1.18. The number of piperidine rings is 1. The van der Waals surface area contributed by atoms with Crippen LogP contribution in [-0.4, -0.2) is 103 Å². The first-order valence-corrected chi connectivity index (χ1v) is 21.9. The molecule has 0 spiro atoms. The molecule has 0 amide bonds. The number of aliphatic hydroxyl groups is 1. The molecule has 14 heteroatoms. The highest BCUT2D eigenvalue weighted by molar-refractivity contribution is 7.90. The zero-order chi connectivity index (χ0) is 42.3. The van der Waals surface area contributed by atoms with E-state index in [1.165, 1.54) is 13.3 Å². The third kappa shape index (κ3) is 10.8. The number of benzene rings is 3. The van der Waals surface area contributed by atoms with Crippen LogP contribution in [0.4, 0.5) is 0 Å². The summed E-state index contributed by atoms with van der Waals surface area (Å²) in [6.45, 7) is 8.91. The van der Waals surface area contributed by atoms with Gasteiger partial charge in [0.25, 0.3) is 0 Å². The van der Waals surface area contributed by atoms with E-state index in [1.54, 1.807) is 12.3 Å². The molecule has 2 aliphatic heterocycles. The molecule has 3 atom stereocenters. The summed E-state index contributed by atoms with van der Waals surface area (Å²) in [7, 11) is -2.10. The van der Waals surface area contributed by atoms with Gasteiger partial charge in [0, 0.05) is 61.9 Å². The number of pyridine rings is 1. The van der Waals surface area contributed by atoms with Crippen molar-refractivity contribution in [2.75, 3.05) is 39.6 Å². The number of sulfone groups is 1. The Morgan fingerprint density at radius 2 is 1.59 bits per heavy atom. The molecule has 3 aromatic carbocycles. The minimum atomic E-state index is -3.47. The fourth-order valence-corrected chi connectivity index (χ4v) is 8.65. The Morgan fingerprint density at radius 1 is 0.847 bits per heavy atom. The van der Waals surface area contributed by atoms with Crippen molar-refractivity contribution in [3.05, 3.63) is 100 Å². The van der Waals surface area contributed by atoms with E-state index in [-0.39, 0.29) is 24.1 Å². The largest absolute Gasteiger partial charge is 0.493 e. The van der Waals surface area contributed by atoms with Gasteiger partial charge in [0.2, 0.25) is 0 Å². The Morgan fingerprint density at radius 3 is 2.34 bits per heavy atom. The number of methoxy groups -OCH3 is 1. The van der Waals surface area contributed by atoms with Gasteiger partial charge in [-0.2, -0.15) is 0 Å². The molecule has 0 unspecified atom stereocenters. The van der Waals surface area contributed by atoms with E-state index in [2.05, 4.69) is 24.0 Å². The number of likely N-dealkylation sites (tertiary alicyclic amines) is 2. The van der Waals surface area contributed by atoms with Gasteiger partial charge in [-0.05, 0) is 98.2 Å². The normalized spacial score (nSPS) is 18.7. The monoisotopic (exact) mass is 829 g/mol. The van der Waals surface area contributed by atoms with Gasteiger partial charge in [0.05, 0.1) is 24.7 Å². The number of aryl methyl sites for hydroxylation is 1. The number of hydrogen-bond acceptors (Lipinski definition) is 12. The lowest BCUT2D eigenvalue weighted by Crippen LogP contribution is -2.44. The van der Waals surface area contributed by atoms with Crippen LogP contribution < -0.4 is 14.2 Å². The number of esters is 1. The molecule has 316 valence electrons. The summed E-state index contributed by atoms with van der Waals surface area (Å²) in [6, 6.07) is 16.5. The van der Waals surface area contributed by atoms with Crippen molar-refractivity contribution in [3.8, 4) is 28.4 Å². The number of β-amino-alcohol motifs (C(OH)–C–C–N with tert-alkyl or cyclic N) is 1. The topological polar surface area (TPSA) is 165 Å². The van der Waals surface area contributed by atoms with E-state index in [1.807, 2.05) is 60.0 Å². The second-order valence-corrected chi connectivity index (χ2v) is 17.6. The maximum Gasteiger partial charge on any atom is 0.323 e. The van der Waals surface area contributed by atoms with E-state index in [4.69, 9.17) is 18.9 Å². The Bertz CT molecular complexity index is 2250. The van der Waals surface area contributed by atoms with Gasteiger partial charge < -0.3 is 29.2 Å². The predicted octanol–water partition coefficient (Wildman–Crippen LogP) is 6.05. The zero-order valence-electron chi connectivity index (χ0n) is 34.5. The van der Waals surface area contributed by atoms with Crippen LogP contribution in [0.3, 0.4) is 0 Å². The summed E-state index contributed by atoms with van der Waals surface area (Å²) in [6.07, 6.45) is 6.86. The lowest BCUT2D eigenvalue weighted by atomic mass is 9.93. The summed E-state index contributed by atoms with van der Waals surface area (Å²) < 4.78 is 48.4. The lowest BCUT2D eigenvalue weighted by Gasteiger charge is -2.33. The molecule has 1 aromatic heterocycles. The highest BCUT2D eigenvalue weighted by Crippen LogP contribution is 2.36. The van der Waals surface area contributed by atoms with Gasteiger partial charge in [-0.1, -0.05) is 36.8 Å². The highest BCUT2D eigenvalue weighted by atomic mass is 32.2. The second kappa shape index (κ2) is 19.4. The van der Waals surface area contributed by atoms with Crippen LogP contribution in [0.25, 0.3) is 11.1 Å². The van der Waals surface area contributed by atoms with Crippen LogP contribution in [-0.2, 0) is 43.9 Å². The summed E-state index contributed by atoms with van der Waals surface area (Å²) >= 11 is 0. The number of aromatic nitrogens is 1. The number of aliphatic carboxylic acids is 1. The molecule has 4 aromatic rings. The van der Waals surface area contributed by atoms with Gasteiger partial charge >= 0.3 is 11.9 Å². The van der Waals surface area contributed by atoms with Crippen molar-refractivity contribution in [3.63, 3.8) is 0 Å². The molecule has 0 saturated carbocycles. The van der Waals surface area contributed by atoms with Gasteiger partial charge in [0.15, 0.2) is 9.84 Å². The van der Waals surface area contributed by atoms with Gasteiger partial charge in [-0.25, -0.2) is 8.42 Å². The molecule has 3 heterocycles. The molecule has 0 radical (unpaired) electrons. The average molecular weight is 830 g/mol. The van der Waals surface area contributed by atoms with Crippen LogP contribution in [0.2, 0.25) is 0 Å². The number of carbonyl (C=O) groups is 2. The number of carboxylic acid groups (broad SMARTS) is 1. The van der Waals surface area contributed by atoms with E-state index in [0.29, 0.717) is 69.1 Å². The summed E-state index contributed by atoms with van der Waals surface area (Å²) in [4.78, 5) is 32.5. The summed E-state index contributed by atoms with van der Waals surface area (Å²) in [5, 5.41) is 20.1. The molecule has 2 saturated heterocycles. The number of nitrogens with zero attached hydrogens (tertiary/aromatic N) is 3. The van der Waals surface area contributed by atoms with Crippen LogP contribution in [0.1, 0.15) is 65.5 Å². The first-order valence-electron chi connectivity index (χ1n) is 20.0. The minimum absolute atomic E-state index is 0.0515. The average Bonchev–Trinajstić information content (AvgIpc) is 3.59. The van der Waals surface area contributed by atoms with Crippen molar-refractivity contribution < 1.29 is 47.2 Å². The standard InChI is InChI=1S/C45H55N3O10S/c1-29-19-34(25-47-16-7-6-14-39(47)44(50)51)43(57-27-32-20-36(24-46-23-32)59(5,53)54)22-42(29)58-28-33-11-8-12-37(30(33)2)38-13-9-15-41(31(38)3)56-18-10-17-48-26-35(49)21-40(48)45(52)55-4/h8-9,11-13,15,19-20,22-24,35,39-40,49H,6-7,10,14,16-18,21,25-28H2,1-5H3,(H,50,51)/t35-,39+,40+/m1/s1. The maximum atomic E-state index is 12.2. The SMILES string of the molecule is COC(=O)[C@@H]1C[C@@H](O)CN1CCCOc1cccc(-c2cccc(COc3cc(OCc4cncc(S(C)(=O)=O)c4)c(CN4CCCC[C@H]4C(=O)O)cc3C)c2C)c1C. The van der Waals surface area contributed by atoms with Crippen LogP contribution >= 0.6 is 0 Å². The van der Waals surface area contributed by atoms with Crippen LogP contribution in [0.15, 0.2) is 71.9 Å². The Labute approximate surface area is 346 Å². The number of carbonyl (C=O) groups excluding carboxylic acids is 1.